The number of benzene rings is 1. The van der Waals surface area contributed by atoms with Gasteiger partial charge in [-0.15, -0.1) is 11.6 Å². The van der Waals surface area contributed by atoms with Crippen molar-refractivity contribution in [2.24, 2.45) is 5.73 Å². The fourth-order valence-corrected chi connectivity index (χ4v) is 3.78. The van der Waals surface area contributed by atoms with Crippen LogP contribution in [0.4, 0.5) is 0 Å². The van der Waals surface area contributed by atoms with E-state index in [-0.39, 0.29) is 11.3 Å². The van der Waals surface area contributed by atoms with E-state index in [0.717, 1.165) is 25.9 Å². The minimum absolute atomic E-state index is 0.0284. The molecule has 1 aromatic carbocycles. The molecule has 0 radical (unpaired) electrons. The van der Waals surface area contributed by atoms with E-state index in [1.807, 2.05) is 6.07 Å². The van der Waals surface area contributed by atoms with Crippen LogP contribution in [0.15, 0.2) is 30.3 Å². The maximum Gasteiger partial charge on any atom is 0.240 e. The first kappa shape index (κ1) is 17.6. The number of hydrazine groups is 1. The largest absolute Gasteiger partial charge is 0.354 e. The van der Waals surface area contributed by atoms with Crippen LogP contribution >= 0.6 is 11.6 Å². The predicted octanol–water partition coefficient (Wildman–Crippen LogP) is 0.135. The molecule has 0 bridgehead atoms. The number of piperidine rings is 1. The van der Waals surface area contributed by atoms with Crippen LogP contribution in [-0.4, -0.2) is 55.1 Å². The molecule has 3 unspecified atom stereocenters. The summed E-state index contributed by atoms with van der Waals surface area (Å²) in [5.41, 5.74) is 12.7. The molecule has 6 nitrogen and oxygen atoms in total. The molecular weight excluding hydrogens is 326 g/mol. The van der Waals surface area contributed by atoms with Crippen LogP contribution in [0.5, 0.6) is 0 Å². The summed E-state index contributed by atoms with van der Waals surface area (Å²) in [6.07, 6.45) is 1.62. The van der Waals surface area contributed by atoms with Crippen LogP contribution < -0.4 is 21.9 Å². The molecule has 0 aromatic heterocycles. The molecule has 2 saturated heterocycles. The summed E-state index contributed by atoms with van der Waals surface area (Å²) in [5.74, 6) is -0.107. The summed E-state index contributed by atoms with van der Waals surface area (Å²) in [5, 5.41) is 2.64. The molecule has 2 heterocycles. The number of hydrogen-bond donors (Lipinski definition) is 4. The van der Waals surface area contributed by atoms with E-state index in [4.69, 9.17) is 17.3 Å². The van der Waals surface area contributed by atoms with Crippen molar-refractivity contribution in [3.05, 3.63) is 35.9 Å². The van der Waals surface area contributed by atoms with E-state index >= 15 is 0 Å². The Morgan fingerprint density at radius 2 is 2.00 bits per heavy atom. The van der Waals surface area contributed by atoms with Crippen LogP contribution in [-0.2, 0) is 10.2 Å². The van der Waals surface area contributed by atoms with Crippen LogP contribution in [0.25, 0.3) is 0 Å². The number of nitrogens with zero attached hydrogens (tertiary/aromatic N) is 1. The summed E-state index contributed by atoms with van der Waals surface area (Å²) >= 11 is 6.20. The Bertz CT molecular complexity index is 561. The quantitative estimate of drug-likeness (QED) is 0.580. The Kier molecular flexibility index (Phi) is 5.42. The van der Waals surface area contributed by atoms with Gasteiger partial charge in [-0.05, 0) is 38.5 Å². The van der Waals surface area contributed by atoms with Crippen LogP contribution in [0.1, 0.15) is 18.4 Å². The highest BCUT2D eigenvalue weighted by Crippen LogP contribution is 2.34. The van der Waals surface area contributed by atoms with Gasteiger partial charge in [0.2, 0.25) is 5.91 Å². The van der Waals surface area contributed by atoms with Gasteiger partial charge in [0.25, 0.3) is 0 Å². The Morgan fingerprint density at radius 1 is 1.33 bits per heavy atom. The molecule has 1 amide bonds. The number of likely N-dealkylation sites (tertiary alicyclic amines) is 1. The summed E-state index contributed by atoms with van der Waals surface area (Å²) < 4.78 is 0. The predicted molar refractivity (Wildman–Crippen MR) is 95.5 cm³/mol. The molecule has 132 valence electrons. The average Bonchev–Trinajstić information content (AvgIpc) is 2.94. The van der Waals surface area contributed by atoms with Crippen molar-refractivity contribution in [2.75, 3.05) is 26.7 Å². The molecule has 24 heavy (non-hydrogen) atoms. The second-order valence-corrected chi connectivity index (χ2v) is 7.41. The number of halogens is 1. The van der Waals surface area contributed by atoms with Crippen LogP contribution in [0.2, 0.25) is 0 Å². The Hall–Kier alpha value is -1.18. The summed E-state index contributed by atoms with van der Waals surface area (Å²) in [6, 6.07) is 9.96. The monoisotopic (exact) mass is 351 g/mol. The summed E-state index contributed by atoms with van der Waals surface area (Å²) in [4.78, 5) is 14.9. The first-order valence-corrected chi connectivity index (χ1v) is 8.88. The van der Waals surface area contributed by atoms with Gasteiger partial charge in [-0.3, -0.25) is 4.79 Å². The highest BCUT2D eigenvalue weighted by molar-refractivity contribution is 6.23. The molecule has 0 saturated carbocycles. The number of alkyl halides is 1. The lowest BCUT2D eigenvalue weighted by atomic mass is 9.72. The van der Waals surface area contributed by atoms with E-state index in [1.54, 1.807) is 0 Å². The SMILES string of the molecule is CN1CCC(CNC(=O)C2NNC(N)C2Cl)(c2ccccc2)CC1. The van der Waals surface area contributed by atoms with Gasteiger partial charge < -0.3 is 16.0 Å². The zero-order chi connectivity index (χ0) is 17.2. The number of amides is 1. The number of carbonyl (C=O) groups excluding carboxylic acids is 1. The van der Waals surface area contributed by atoms with Crippen molar-refractivity contribution in [2.45, 2.75) is 35.8 Å². The number of carbonyl (C=O) groups is 1. The number of nitrogens with two attached hydrogens (primary N) is 1. The zero-order valence-electron chi connectivity index (χ0n) is 14.0. The maximum absolute atomic E-state index is 12.5. The van der Waals surface area contributed by atoms with Gasteiger partial charge in [0.05, 0.1) is 11.5 Å². The van der Waals surface area contributed by atoms with E-state index in [1.165, 1.54) is 5.56 Å². The van der Waals surface area contributed by atoms with Crippen LogP contribution in [0, 0.1) is 0 Å². The second kappa shape index (κ2) is 7.37. The lowest BCUT2D eigenvalue weighted by molar-refractivity contribution is -0.123. The van der Waals surface area contributed by atoms with Gasteiger partial charge in [0.15, 0.2) is 0 Å². The molecule has 2 aliphatic heterocycles. The topological polar surface area (TPSA) is 82.4 Å². The third kappa shape index (κ3) is 3.58. The minimum Gasteiger partial charge on any atom is -0.354 e. The van der Waals surface area contributed by atoms with E-state index in [0.29, 0.717) is 6.54 Å². The lowest BCUT2D eigenvalue weighted by Crippen LogP contribution is -2.52. The number of nitrogens with one attached hydrogen (secondary N) is 3. The lowest BCUT2D eigenvalue weighted by Gasteiger charge is -2.41. The van der Waals surface area contributed by atoms with Crippen molar-refractivity contribution in [1.29, 1.82) is 0 Å². The number of hydrogen-bond acceptors (Lipinski definition) is 5. The van der Waals surface area contributed by atoms with Crippen molar-refractivity contribution in [3.8, 4) is 0 Å². The highest BCUT2D eigenvalue weighted by atomic mass is 35.5. The third-order valence-electron chi connectivity index (χ3n) is 5.28. The average molecular weight is 352 g/mol. The molecule has 7 heteroatoms. The highest BCUT2D eigenvalue weighted by Gasteiger charge is 2.39. The zero-order valence-corrected chi connectivity index (χ0v) is 14.7. The van der Waals surface area contributed by atoms with Gasteiger partial charge in [-0.1, -0.05) is 30.3 Å². The first-order chi connectivity index (χ1) is 11.5. The van der Waals surface area contributed by atoms with E-state index < -0.39 is 17.6 Å². The maximum atomic E-state index is 12.5. The van der Waals surface area contributed by atoms with Crippen molar-refractivity contribution in [3.63, 3.8) is 0 Å². The second-order valence-electron chi connectivity index (χ2n) is 6.90. The smallest absolute Gasteiger partial charge is 0.240 e. The summed E-state index contributed by atoms with van der Waals surface area (Å²) in [7, 11) is 2.14. The minimum atomic E-state index is -0.513. The van der Waals surface area contributed by atoms with Crippen molar-refractivity contribution < 1.29 is 4.79 Å². The first-order valence-electron chi connectivity index (χ1n) is 8.44. The molecule has 2 fully saturated rings. The normalized spacial score (nSPS) is 30.2. The number of rotatable bonds is 4. The molecule has 2 aliphatic rings. The van der Waals surface area contributed by atoms with Crippen LogP contribution in [0.3, 0.4) is 0 Å². The summed E-state index contributed by atoms with van der Waals surface area (Å²) in [6.45, 7) is 2.66. The fraction of sp³-hybridized carbons (Fsp3) is 0.588. The van der Waals surface area contributed by atoms with Gasteiger partial charge in [0.1, 0.15) is 6.04 Å². The van der Waals surface area contributed by atoms with E-state index in [2.05, 4.69) is 52.4 Å². The molecule has 3 rings (SSSR count). The van der Waals surface area contributed by atoms with Gasteiger partial charge in [-0.25, -0.2) is 10.9 Å². The molecule has 5 N–H and O–H groups in total. The van der Waals surface area contributed by atoms with E-state index in [9.17, 15) is 4.79 Å². The third-order valence-corrected chi connectivity index (χ3v) is 5.80. The Morgan fingerprint density at radius 3 is 2.58 bits per heavy atom. The van der Waals surface area contributed by atoms with Gasteiger partial charge >= 0.3 is 0 Å². The fourth-order valence-electron chi connectivity index (χ4n) is 3.53. The van der Waals surface area contributed by atoms with Crippen molar-refractivity contribution >= 4 is 17.5 Å². The molecule has 3 atom stereocenters. The molecule has 0 aliphatic carbocycles. The molecular formula is C17H26ClN5O. The van der Waals surface area contributed by atoms with Crippen molar-refractivity contribution in [1.82, 2.24) is 21.1 Å². The van der Waals surface area contributed by atoms with Gasteiger partial charge in [0, 0.05) is 12.0 Å². The van der Waals surface area contributed by atoms with Gasteiger partial charge in [-0.2, -0.15) is 0 Å². The Labute approximate surface area is 148 Å². The Balaban J connectivity index is 1.70. The standard InChI is InChI=1S/C17H26ClN5O/c1-23-9-7-17(8-10-23,12-5-3-2-4-6-12)11-20-16(24)14-13(18)15(19)22-21-14/h2-6,13-15,21-22H,7-11,19H2,1H3,(H,20,24). The molecule has 1 aromatic rings. The molecule has 0 spiro atoms.